The SMILES string of the molecule is CC(C)(C)OC(=O)Nc1ccc(C(C)(N)CO)cc1. The summed E-state index contributed by atoms with van der Waals surface area (Å²) in [5.41, 5.74) is 6.01. The van der Waals surface area contributed by atoms with Gasteiger partial charge in [-0.15, -0.1) is 0 Å². The maximum atomic E-state index is 11.6. The summed E-state index contributed by atoms with van der Waals surface area (Å²) in [5, 5.41) is 11.8. The van der Waals surface area contributed by atoms with Gasteiger partial charge in [-0.05, 0) is 45.4 Å². The van der Waals surface area contributed by atoms with Crippen molar-refractivity contribution in [1.82, 2.24) is 0 Å². The number of nitrogens with one attached hydrogen (secondary N) is 1. The topological polar surface area (TPSA) is 84.6 Å². The van der Waals surface area contributed by atoms with E-state index in [1.807, 2.05) is 0 Å². The quantitative estimate of drug-likeness (QED) is 0.783. The molecule has 0 aromatic heterocycles. The van der Waals surface area contributed by atoms with Gasteiger partial charge in [0.1, 0.15) is 5.60 Å². The van der Waals surface area contributed by atoms with Gasteiger partial charge in [0.05, 0.1) is 12.1 Å². The van der Waals surface area contributed by atoms with Crippen LogP contribution < -0.4 is 11.1 Å². The molecule has 1 aromatic carbocycles. The van der Waals surface area contributed by atoms with Gasteiger partial charge in [-0.2, -0.15) is 0 Å². The second-order valence-corrected chi connectivity index (χ2v) is 5.78. The maximum absolute atomic E-state index is 11.6. The average molecular weight is 266 g/mol. The highest BCUT2D eigenvalue weighted by molar-refractivity contribution is 5.84. The molecule has 5 nitrogen and oxygen atoms in total. The van der Waals surface area contributed by atoms with E-state index in [0.717, 1.165) is 5.56 Å². The summed E-state index contributed by atoms with van der Waals surface area (Å²) in [5.74, 6) is 0. The van der Waals surface area contributed by atoms with E-state index in [2.05, 4.69) is 5.32 Å². The maximum Gasteiger partial charge on any atom is 0.412 e. The fourth-order valence-electron chi connectivity index (χ4n) is 1.45. The minimum atomic E-state index is -0.787. The first kappa shape index (κ1) is 15.5. The van der Waals surface area contributed by atoms with Crippen molar-refractivity contribution in [3.63, 3.8) is 0 Å². The van der Waals surface area contributed by atoms with Crippen molar-refractivity contribution < 1.29 is 14.6 Å². The van der Waals surface area contributed by atoms with Gasteiger partial charge >= 0.3 is 6.09 Å². The highest BCUT2D eigenvalue weighted by Crippen LogP contribution is 2.20. The van der Waals surface area contributed by atoms with E-state index in [0.29, 0.717) is 5.69 Å². The van der Waals surface area contributed by atoms with Crippen molar-refractivity contribution in [3.05, 3.63) is 29.8 Å². The van der Waals surface area contributed by atoms with Gasteiger partial charge in [0.15, 0.2) is 0 Å². The van der Waals surface area contributed by atoms with Gasteiger partial charge < -0.3 is 15.6 Å². The highest BCUT2D eigenvalue weighted by Gasteiger charge is 2.20. The lowest BCUT2D eigenvalue weighted by Crippen LogP contribution is -2.36. The van der Waals surface area contributed by atoms with Crippen LogP contribution in [0.4, 0.5) is 10.5 Å². The van der Waals surface area contributed by atoms with E-state index in [4.69, 9.17) is 10.5 Å². The number of ether oxygens (including phenoxy) is 1. The summed E-state index contributed by atoms with van der Waals surface area (Å²) in [6.45, 7) is 7.00. The molecular weight excluding hydrogens is 244 g/mol. The molecule has 1 unspecified atom stereocenters. The summed E-state index contributed by atoms with van der Waals surface area (Å²) >= 11 is 0. The first-order valence-electron chi connectivity index (χ1n) is 6.14. The third kappa shape index (κ3) is 4.89. The Kier molecular flexibility index (Phi) is 4.55. The largest absolute Gasteiger partial charge is 0.444 e. The Bertz CT molecular complexity index is 433. The molecule has 0 heterocycles. The number of benzene rings is 1. The first-order valence-corrected chi connectivity index (χ1v) is 6.14. The van der Waals surface area contributed by atoms with Crippen LogP contribution in [0, 0.1) is 0 Å². The number of rotatable bonds is 3. The zero-order valence-electron chi connectivity index (χ0n) is 11.9. The van der Waals surface area contributed by atoms with Gasteiger partial charge in [0, 0.05) is 5.69 Å². The summed E-state index contributed by atoms with van der Waals surface area (Å²) in [6, 6.07) is 6.98. The molecule has 4 N–H and O–H groups in total. The molecule has 5 heteroatoms. The molecule has 0 aliphatic heterocycles. The van der Waals surface area contributed by atoms with Gasteiger partial charge in [0.25, 0.3) is 0 Å². The summed E-state index contributed by atoms with van der Waals surface area (Å²) in [7, 11) is 0. The molecule has 0 saturated heterocycles. The van der Waals surface area contributed by atoms with Gasteiger partial charge in [-0.25, -0.2) is 4.79 Å². The minimum absolute atomic E-state index is 0.147. The van der Waals surface area contributed by atoms with Crippen LogP contribution in [-0.2, 0) is 10.3 Å². The van der Waals surface area contributed by atoms with E-state index < -0.39 is 17.2 Å². The van der Waals surface area contributed by atoms with Gasteiger partial charge in [-0.3, -0.25) is 5.32 Å². The van der Waals surface area contributed by atoms with Crippen LogP contribution >= 0.6 is 0 Å². The first-order chi connectivity index (χ1) is 8.64. The Hall–Kier alpha value is -1.59. The van der Waals surface area contributed by atoms with Crippen LogP contribution in [0.15, 0.2) is 24.3 Å². The van der Waals surface area contributed by atoms with Crippen molar-refractivity contribution in [2.24, 2.45) is 5.73 Å². The average Bonchev–Trinajstić information content (AvgIpc) is 2.27. The number of hydrogen-bond acceptors (Lipinski definition) is 4. The zero-order valence-corrected chi connectivity index (χ0v) is 11.9. The zero-order chi connectivity index (χ0) is 14.7. The lowest BCUT2D eigenvalue weighted by Gasteiger charge is -2.23. The van der Waals surface area contributed by atoms with E-state index in [-0.39, 0.29) is 6.61 Å². The molecule has 1 aromatic rings. The normalized spacial score (nSPS) is 14.6. The molecule has 0 fully saturated rings. The molecule has 0 bridgehead atoms. The summed E-state index contributed by atoms with van der Waals surface area (Å²) in [4.78, 5) is 11.6. The third-order valence-electron chi connectivity index (χ3n) is 2.52. The highest BCUT2D eigenvalue weighted by atomic mass is 16.6. The molecule has 1 amide bonds. The van der Waals surface area contributed by atoms with E-state index in [1.54, 1.807) is 52.0 Å². The molecule has 0 aliphatic rings. The molecule has 0 radical (unpaired) electrons. The van der Waals surface area contributed by atoms with Crippen molar-refractivity contribution >= 4 is 11.8 Å². The van der Waals surface area contributed by atoms with Crippen LogP contribution in [0.2, 0.25) is 0 Å². The molecule has 1 atom stereocenters. The van der Waals surface area contributed by atoms with Crippen molar-refractivity contribution in [3.8, 4) is 0 Å². The minimum Gasteiger partial charge on any atom is -0.444 e. The van der Waals surface area contributed by atoms with E-state index in [1.165, 1.54) is 0 Å². The number of carbonyl (C=O) groups excluding carboxylic acids is 1. The van der Waals surface area contributed by atoms with E-state index in [9.17, 15) is 9.90 Å². The lowest BCUT2D eigenvalue weighted by molar-refractivity contribution is 0.0636. The number of anilines is 1. The van der Waals surface area contributed by atoms with Crippen molar-refractivity contribution in [2.45, 2.75) is 38.8 Å². The molecule has 19 heavy (non-hydrogen) atoms. The van der Waals surface area contributed by atoms with Crippen LogP contribution in [0.3, 0.4) is 0 Å². The second-order valence-electron chi connectivity index (χ2n) is 5.78. The van der Waals surface area contributed by atoms with Crippen LogP contribution in [0.1, 0.15) is 33.3 Å². The monoisotopic (exact) mass is 266 g/mol. The van der Waals surface area contributed by atoms with Gasteiger partial charge in [0.2, 0.25) is 0 Å². The second kappa shape index (κ2) is 5.59. The predicted molar refractivity (Wildman–Crippen MR) is 74.9 cm³/mol. The summed E-state index contributed by atoms with van der Waals surface area (Å²) < 4.78 is 5.15. The number of hydrogen-bond donors (Lipinski definition) is 3. The Morgan fingerprint density at radius 3 is 2.21 bits per heavy atom. The Morgan fingerprint density at radius 1 is 1.26 bits per heavy atom. The molecule has 0 spiro atoms. The summed E-state index contributed by atoms with van der Waals surface area (Å²) in [6.07, 6.45) is -0.502. The third-order valence-corrected chi connectivity index (χ3v) is 2.52. The van der Waals surface area contributed by atoms with Crippen LogP contribution in [0.5, 0.6) is 0 Å². The van der Waals surface area contributed by atoms with Gasteiger partial charge in [-0.1, -0.05) is 12.1 Å². The Morgan fingerprint density at radius 2 is 1.79 bits per heavy atom. The number of nitrogens with two attached hydrogens (primary N) is 1. The molecule has 0 saturated carbocycles. The predicted octanol–water partition coefficient (Wildman–Crippen LogP) is 2.20. The fraction of sp³-hybridized carbons (Fsp3) is 0.500. The van der Waals surface area contributed by atoms with Crippen molar-refractivity contribution in [2.75, 3.05) is 11.9 Å². The molecular formula is C14H22N2O3. The molecule has 106 valence electrons. The van der Waals surface area contributed by atoms with E-state index >= 15 is 0 Å². The number of amides is 1. The molecule has 1 rings (SSSR count). The number of carbonyl (C=O) groups is 1. The smallest absolute Gasteiger partial charge is 0.412 e. The Labute approximate surface area is 113 Å². The van der Waals surface area contributed by atoms with Crippen LogP contribution in [0.25, 0.3) is 0 Å². The van der Waals surface area contributed by atoms with Crippen LogP contribution in [-0.4, -0.2) is 23.4 Å². The molecule has 0 aliphatic carbocycles. The lowest BCUT2D eigenvalue weighted by atomic mass is 9.94. The van der Waals surface area contributed by atoms with Crippen molar-refractivity contribution in [1.29, 1.82) is 0 Å². The fourth-order valence-corrected chi connectivity index (χ4v) is 1.45. The Balaban J connectivity index is 2.70. The standard InChI is InChI=1S/C14H22N2O3/c1-13(2,3)19-12(18)16-11-7-5-10(6-8-11)14(4,15)9-17/h5-8,17H,9,15H2,1-4H3,(H,16,18). The number of aliphatic hydroxyl groups excluding tert-OH is 1. The number of aliphatic hydroxyl groups is 1.